The van der Waals surface area contributed by atoms with Crippen molar-refractivity contribution in [3.63, 3.8) is 0 Å². The van der Waals surface area contributed by atoms with Crippen LogP contribution in [0.4, 0.5) is 10.2 Å². The van der Waals surface area contributed by atoms with E-state index in [0.717, 1.165) is 59.4 Å². The lowest BCUT2D eigenvalue weighted by Crippen LogP contribution is -2.36. The van der Waals surface area contributed by atoms with Crippen LogP contribution in [0, 0.1) is 18.7 Å². The molecule has 3 aromatic carbocycles. The van der Waals surface area contributed by atoms with Gasteiger partial charge in [-0.1, -0.05) is 30.3 Å². The molecule has 5 aromatic rings. The largest absolute Gasteiger partial charge is 0.493 e. The van der Waals surface area contributed by atoms with Crippen molar-refractivity contribution >= 4 is 28.5 Å². The first-order valence-corrected chi connectivity index (χ1v) is 14.7. The van der Waals surface area contributed by atoms with Gasteiger partial charge in [0, 0.05) is 36.7 Å². The van der Waals surface area contributed by atoms with E-state index in [-0.39, 0.29) is 24.0 Å². The zero-order valence-corrected chi connectivity index (χ0v) is 24.7. The number of hydrogen-bond acceptors (Lipinski definition) is 7. The van der Waals surface area contributed by atoms with E-state index in [2.05, 4.69) is 9.88 Å². The third-order valence-corrected chi connectivity index (χ3v) is 8.20. The van der Waals surface area contributed by atoms with Crippen molar-refractivity contribution in [1.29, 1.82) is 0 Å². The van der Waals surface area contributed by atoms with Crippen molar-refractivity contribution in [2.24, 2.45) is 5.92 Å². The Kier molecular flexibility index (Phi) is 8.41. The minimum Gasteiger partial charge on any atom is -0.493 e. The molecule has 1 aliphatic rings. The van der Waals surface area contributed by atoms with E-state index in [1.54, 1.807) is 30.5 Å². The number of piperidine rings is 1. The number of esters is 1. The predicted molar refractivity (Wildman–Crippen MR) is 167 cm³/mol. The molecular formula is C36H33FN2O5. The Hall–Kier alpha value is -4.98. The lowest BCUT2D eigenvalue weighted by Gasteiger charge is -2.32. The standard InChI is InChI=1S/C36H33FN2O5/c1-23-31-20-27(26-5-3-7-29(37)18-26)10-11-33(31)44-35(23)32(40)17-25-9-12-34(38-21-25)39-15-13-24(14-16-39)22-43-30-8-4-6-28(19-30)36(41)42-2/h3-12,18-21,24H,13-17,22H2,1-2H3. The number of halogens is 1. The highest BCUT2D eigenvalue weighted by molar-refractivity contribution is 6.02. The molecular weight excluding hydrogens is 559 g/mol. The summed E-state index contributed by atoms with van der Waals surface area (Å²) in [5.74, 6) is 1.50. The number of pyridine rings is 1. The van der Waals surface area contributed by atoms with E-state index in [1.165, 1.54) is 19.2 Å². The van der Waals surface area contributed by atoms with Crippen molar-refractivity contribution in [3.8, 4) is 16.9 Å². The van der Waals surface area contributed by atoms with Crippen LogP contribution in [0.25, 0.3) is 22.1 Å². The number of anilines is 1. The molecule has 44 heavy (non-hydrogen) atoms. The maximum absolute atomic E-state index is 13.7. The summed E-state index contributed by atoms with van der Waals surface area (Å²) in [4.78, 5) is 31.9. The fourth-order valence-electron chi connectivity index (χ4n) is 5.68. The average Bonchev–Trinajstić information content (AvgIpc) is 3.39. The second-order valence-electron chi connectivity index (χ2n) is 11.2. The summed E-state index contributed by atoms with van der Waals surface area (Å²) in [6, 6.07) is 23.0. The molecule has 3 heterocycles. The molecule has 1 saturated heterocycles. The number of rotatable bonds is 9. The molecule has 0 aliphatic carbocycles. The number of nitrogens with zero attached hydrogens (tertiary/aromatic N) is 2. The number of carbonyl (C=O) groups is 2. The van der Waals surface area contributed by atoms with E-state index < -0.39 is 0 Å². The number of methoxy groups -OCH3 is 1. The number of furan rings is 1. The molecule has 0 amide bonds. The van der Waals surface area contributed by atoms with Crippen LogP contribution >= 0.6 is 0 Å². The number of fused-ring (bicyclic) bond motifs is 1. The van der Waals surface area contributed by atoms with Crippen LogP contribution < -0.4 is 9.64 Å². The molecule has 0 spiro atoms. The summed E-state index contributed by atoms with van der Waals surface area (Å²) in [6.45, 7) is 4.18. The Balaban J connectivity index is 1.04. The molecule has 6 rings (SSSR count). The Morgan fingerprint density at radius 1 is 0.977 bits per heavy atom. The number of ether oxygens (including phenoxy) is 2. The minimum atomic E-state index is -0.381. The van der Waals surface area contributed by atoms with Gasteiger partial charge in [-0.05, 0) is 90.9 Å². The highest BCUT2D eigenvalue weighted by Gasteiger charge is 2.22. The van der Waals surface area contributed by atoms with E-state index in [4.69, 9.17) is 13.9 Å². The molecule has 8 heteroatoms. The van der Waals surface area contributed by atoms with E-state index in [1.807, 2.05) is 49.4 Å². The predicted octanol–water partition coefficient (Wildman–Crippen LogP) is 7.45. The normalized spacial score (nSPS) is 13.7. The fraction of sp³-hybridized carbons (Fsp3) is 0.250. The summed E-state index contributed by atoms with van der Waals surface area (Å²) in [5.41, 5.74) is 4.32. The van der Waals surface area contributed by atoms with Crippen LogP contribution in [-0.4, -0.2) is 43.5 Å². The van der Waals surface area contributed by atoms with Crippen LogP contribution in [-0.2, 0) is 11.2 Å². The molecule has 0 unspecified atom stereocenters. The monoisotopic (exact) mass is 592 g/mol. The Morgan fingerprint density at radius 2 is 1.77 bits per heavy atom. The molecule has 0 N–H and O–H groups in total. The Labute approximate surface area is 255 Å². The SMILES string of the molecule is COC(=O)c1cccc(OCC2CCN(c3ccc(CC(=O)c4oc5ccc(-c6cccc(F)c6)cc5c4C)cn3)CC2)c1. The van der Waals surface area contributed by atoms with Gasteiger partial charge in [0.25, 0.3) is 0 Å². The third kappa shape index (κ3) is 6.34. The summed E-state index contributed by atoms with van der Waals surface area (Å²) in [5, 5.41) is 0.840. The van der Waals surface area contributed by atoms with Crippen molar-refractivity contribution in [1.82, 2.24) is 4.98 Å². The molecule has 0 atom stereocenters. The van der Waals surface area contributed by atoms with E-state index >= 15 is 0 Å². The maximum atomic E-state index is 13.7. The number of aromatic nitrogens is 1. The van der Waals surface area contributed by atoms with E-state index in [9.17, 15) is 14.0 Å². The summed E-state index contributed by atoms with van der Waals surface area (Å²) < 4.78 is 30.5. The first-order valence-electron chi connectivity index (χ1n) is 14.7. The van der Waals surface area contributed by atoms with Crippen LogP contribution in [0.3, 0.4) is 0 Å². The summed E-state index contributed by atoms with van der Waals surface area (Å²) in [6.07, 6.45) is 3.87. The van der Waals surface area contributed by atoms with Gasteiger partial charge in [0.2, 0.25) is 5.78 Å². The van der Waals surface area contributed by atoms with Gasteiger partial charge in [0.15, 0.2) is 5.76 Å². The summed E-state index contributed by atoms with van der Waals surface area (Å²) in [7, 11) is 1.36. The highest BCUT2D eigenvalue weighted by Crippen LogP contribution is 2.31. The summed E-state index contributed by atoms with van der Waals surface area (Å²) >= 11 is 0. The molecule has 0 bridgehead atoms. The van der Waals surface area contributed by atoms with Crippen LogP contribution in [0.1, 0.15) is 44.9 Å². The van der Waals surface area contributed by atoms with Gasteiger partial charge < -0.3 is 18.8 Å². The number of hydrogen-bond donors (Lipinski definition) is 0. The highest BCUT2D eigenvalue weighted by atomic mass is 19.1. The van der Waals surface area contributed by atoms with Gasteiger partial charge in [-0.2, -0.15) is 0 Å². The van der Waals surface area contributed by atoms with Gasteiger partial charge in [-0.25, -0.2) is 14.2 Å². The van der Waals surface area contributed by atoms with Crippen LogP contribution in [0.5, 0.6) is 5.75 Å². The van der Waals surface area contributed by atoms with E-state index in [0.29, 0.717) is 35.2 Å². The van der Waals surface area contributed by atoms with Crippen molar-refractivity contribution < 1.29 is 27.9 Å². The number of carbonyl (C=O) groups excluding carboxylic acids is 2. The molecule has 0 saturated carbocycles. The van der Waals surface area contributed by atoms with Crippen molar-refractivity contribution in [2.75, 3.05) is 31.7 Å². The molecule has 1 fully saturated rings. The number of Topliss-reactive ketones (excluding diaryl/α,β-unsaturated/α-hetero) is 1. The zero-order chi connectivity index (χ0) is 30.6. The van der Waals surface area contributed by atoms with Crippen LogP contribution in [0.15, 0.2) is 89.5 Å². The lowest BCUT2D eigenvalue weighted by molar-refractivity contribution is 0.0600. The zero-order valence-electron chi connectivity index (χ0n) is 24.7. The third-order valence-electron chi connectivity index (χ3n) is 8.20. The Bertz CT molecular complexity index is 1810. The topological polar surface area (TPSA) is 81.9 Å². The van der Waals surface area contributed by atoms with Gasteiger partial charge in [-0.3, -0.25) is 4.79 Å². The molecule has 7 nitrogen and oxygen atoms in total. The number of aryl methyl sites for hydroxylation is 1. The smallest absolute Gasteiger partial charge is 0.337 e. The number of benzene rings is 3. The Morgan fingerprint density at radius 3 is 2.52 bits per heavy atom. The van der Waals surface area contributed by atoms with Crippen LogP contribution in [0.2, 0.25) is 0 Å². The van der Waals surface area contributed by atoms with Gasteiger partial charge >= 0.3 is 5.97 Å². The molecule has 2 aromatic heterocycles. The second-order valence-corrected chi connectivity index (χ2v) is 11.2. The van der Waals surface area contributed by atoms with Crippen molar-refractivity contribution in [2.45, 2.75) is 26.2 Å². The first-order chi connectivity index (χ1) is 21.4. The maximum Gasteiger partial charge on any atom is 0.337 e. The van der Waals surface area contributed by atoms with Gasteiger partial charge in [-0.15, -0.1) is 0 Å². The molecule has 1 aliphatic heterocycles. The fourth-order valence-corrected chi connectivity index (χ4v) is 5.68. The lowest BCUT2D eigenvalue weighted by atomic mass is 9.97. The molecule has 0 radical (unpaired) electrons. The van der Waals surface area contributed by atoms with Gasteiger partial charge in [0.1, 0.15) is 23.0 Å². The minimum absolute atomic E-state index is 0.113. The van der Waals surface area contributed by atoms with Gasteiger partial charge in [0.05, 0.1) is 19.3 Å². The molecule has 224 valence electrons. The average molecular weight is 593 g/mol. The number of ketones is 1. The quantitative estimate of drug-likeness (QED) is 0.130. The van der Waals surface area contributed by atoms with Crippen molar-refractivity contribution in [3.05, 3.63) is 113 Å². The second kappa shape index (κ2) is 12.7. The first kappa shape index (κ1) is 29.1.